The highest BCUT2D eigenvalue weighted by atomic mass is 16.5. The number of benzene rings is 1. The summed E-state index contributed by atoms with van der Waals surface area (Å²) in [4.78, 5) is 0. The number of nitrogens with one attached hydrogen (secondary N) is 1. The molecule has 0 bridgehead atoms. The third-order valence-corrected chi connectivity index (χ3v) is 2.29. The lowest BCUT2D eigenvalue weighted by atomic mass is 10.1. The summed E-state index contributed by atoms with van der Waals surface area (Å²) in [5, 5.41) is 12.1. The minimum absolute atomic E-state index is 0.356. The molecule has 1 rings (SSSR count). The second-order valence-electron chi connectivity index (χ2n) is 3.23. The van der Waals surface area contributed by atoms with E-state index in [4.69, 9.17) is 14.7 Å². The van der Waals surface area contributed by atoms with E-state index < -0.39 is 0 Å². The molecule has 1 N–H and O–H groups in total. The number of nitrogens with zero attached hydrogens (tertiary/aromatic N) is 1. The summed E-state index contributed by atoms with van der Waals surface area (Å²) in [6.45, 7) is 2.69. The van der Waals surface area contributed by atoms with Gasteiger partial charge in [-0.15, -0.1) is 0 Å². The molecule has 1 aromatic rings. The van der Waals surface area contributed by atoms with Crippen LogP contribution in [0.5, 0.6) is 11.5 Å². The molecule has 4 heteroatoms. The second kappa shape index (κ2) is 5.99. The van der Waals surface area contributed by atoms with Crippen molar-refractivity contribution >= 4 is 0 Å². The van der Waals surface area contributed by atoms with Crippen molar-refractivity contribution in [1.29, 1.82) is 5.26 Å². The Morgan fingerprint density at radius 1 is 1.38 bits per heavy atom. The molecule has 86 valence electrons. The summed E-state index contributed by atoms with van der Waals surface area (Å²) >= 11 is 0. The van der Waals surface area contributed by atoms with Crippen molar-refractivity contribution in [3.63, 3.8) is 0 Å². The number of methoxy groups -OCH3 is 2. The number of rotatable bonds is 5. The minimum atomic E-state index is -0.356. The predicted molar refractivity (Wildman–Crippen MR) is 61.6 cm³/mol. The van der Waals surface area contributed by atoms with Gasteiger partial charge < -0.3 is 9.47 Å². The molecule has 0 aliphatic heterocycles. The Hall–Kier alpha value is -1.73. The highest BCUT2D eigenvalue weighted by molar-refractivity contribution is 5.44. The average Bonchev–Trinajstić information content (AvgIpc) is 2.35. The van der Waals surface area contributed by atoms with Crippen LogP contribution in [-0.4, -0.2) is 20.8 Å². The maximum absolute atomic E-state index is 9.06. The van der Waals surface area contributed by atoms with Gasteiger partial charge in [-0.1, -0.05) is 6.92 Å². The third-order valence-electron chi connectivity index (χ3n) is 2.29. The van der Waals surface area contributed by atoms with Gasteiger partial charge in [-0.25, -0.2) is 0 Å². The van der Waals surface area contributed by atoms with Crippen LogP contribution in [0.1, 0.15) is 18.5 Å². The Balaban J connectivity index is 3.07. The fraction of sp³-hybridized carbons (Fsp3) is 0.417. The van der Waals surface area contributed by atoms with E-state index in [1.54, 1.807) is 20.3 Å². The zero-order valence-corrected chi connectivity index (χ0v) is 9.78. The van der Waals surface area contributed by atoms with Crippen molar-refractivity contribution in [3.05, 3.63) is 23.8 Å². The molecular weight excluding hydrogens is 204 g/mol. The predicted octanol–water partition coefficient (Wildman–Crippen LogP) is 1.88. The molecule has 0 aliphatic rings. The molecule has 0 saturated carbocycles. The Kier molecular flexibility index (Phi) is 4.62. The van der Waals surface area contributed by atoms with Crippen LogP contribution in [0.15, 0.2) is 18.2 Å². The molecule has 1 aromatic carbocycles. The standard InChI is InChI=1S/C12H16N2O2/c1-4-14-11(8-13)10-6-5-9(15-2)7-12(10)16-3/h5-7,11,14H,4H2,1-3H3. The van der Waals surface area contributed by atoms with Gasteiger partial charge in [-0.3, -0.25) is 5.32 Å². The van der Waals surface area contributed by atoms with E-state index in [1.165, 1.54) is 0 Å². The summed E-state index contributed by atoms with van der Waals surface area (Å²) in [5.41, 5.74) is 0.827. The van der Waals surface area contributed by atoms with E-state index in [9.17, 15) is 0 Å². The van der Waals surface area contributed by atoms with Gasteiger partial charge in [0.2, 0.25) is 0 Å². The highest BCUT2D eigenvalue weighted by Crippen LogP contribution is 2.29. The normalized spacial score (nSPS) is 11.6. The molecule has 0 fully saturated rings. The maximum Gasteiger partial charge on any atom is 0.128 e. The molecule has 0 heterocycles. The first-order valence-corrected chi connectivity index (χ1v) is 5.11. The lowest BCUT2D eigenvalue weighted by Gasteiger charge is -2.15. The van der Waals surface area contributed by atoms with Crippen LogP contribution in [0.25, 0.3) is 0 Å². The van der Waals surface area contributed by atoms with E-state index in [-0.39, 0.29) is 6.04 Å². The molecule has 16 heavy (non-hydrogen) atoms. The van der Waals surface area contributed by atoms with Gasteiger partial charge in [0.05, 0.1) is 20.3 Å². The van der Waals surface area contributed by atoms with Gasteiger partial charge in [0.15, 0.2) is 0 Å². The van der Waals surface area contributed by atoms with Crippen molar-refractivity contribution in [2.45, 2.75) is 13.0 Å². The van der Waals surface area contributed by atoms with Crippen molar-refractivity contribution in [2.24, 2.45) is 0 Å². The molecule has 0 aliphatic carbocycles. The van der Waals surface area contributed by atoms with Crippen molar-refractivity contribution < 1.29 is 9.47 Å². The molecule has 0 amide bonds. The second-order valence-corrected chi connectivity index (χ2v) is 3.23. The van der Waals surface area contributed by atoms with Gasteiger partial charge in [0.25, 0.3) is 0 Å². The monoisotopic (exact) mass is 220 g/mol. The summed E-state index contributed by atoms with van der Waals surface area (Å²) < 4.78 is 10.3. The first kappa shape index (κ1) is 12.3. The van der Waals surface area contributed by atoms with Gasteiger partial charge in [0.1, 0.15) is 17.5 Å². The molecule has 0 aromatic heterocycles. The Morgan fingerprint density at radius 2 is 2.12 bits per heavy atom. The zero-order valence-electron chi connectivity index (χ0n) is 9.78. The summed E-state index contributed by atoms with van der Waals surface area (Å²) in [6.07, 6.45) is 0. The number of hydrogen-bond acceptors (Lipinski definition) is 4. The van der Waals surface area contributed by atoms with Gasteiger partial charge in [-0.05, 0) is 18.7 Å². The molecule has 0 saturated heterocycles. The lowest BCUT2D eigenvalue weighted by Crippen LogP contribution is -2.19. The van der Waals surface area contributed by atoms with Crippen LogP contribution in [0.4, 0.5) is 0 Å². The molecule has 1 atom stereocenters. The quantitative estimate of drug-likeness (QED) is 0.823. The Labute approximate surface area is 95.8 Å². The van der Waals surface area contributed by atoms with Crippen LogP contribution >= 0.6 is 0 Å². The SMILES string of the molecule is CCNC(C#N)c1ccc(OC)cc1OC. The van der Waals surface area contributed by atoms with Crippen molar-refractivity contribution in [3.8, 4) is 17.6 Å². The lowest BCUT2D eigenvalue weighted by molar-refractivity contribution is 0.388. The van der Waals surface area contributed by atoms with E-state index in [0.29, 0.717) is 11.5 Å². The summed E-state index contributed by atoms with van der Waals surface area (Å²) in [7, 11) is 3.18. The van der Waals surface area contributed by atoms with Crippen molar-refractivity contribution in [1.82, 2.24) is 5.32 Å². The zero-order chi connectivity index (χ0) is 12.0. The van der Waals surface area contributed by atoms with Gasteiger partial charge in [0, 0.05) is 11.6 Å². The van der Waals surface area contributed by atoms with Gasteiger partial charge >= 0.3 is 0 Å². The molecular formula is C12H16N2O2. The summed E-state index contributed by atoms with van der Waals surface area (Å²) in [5.74, 6) is 1.38. The van der Waals surface area contributed by atoms with Gasteiger partial charge in [-0.2, -0.15) is 5.26 Å². The van der Waals surface area contributed by atoms with E-state index in [0.717, 1.165) is 12.1 Å². The Morgan fingerprint density at radius 3 is 2.62 bits per heavy atom. The first-order valence-electron chi connectivity index (χ1n) is 5.11. The smallest absolute Gasteiger partial charge is 0.128 e. The summed E-state index contributed by atoms with van der Waals surface area (Å²) in [6, 6.07) is 7.28. The van der Waals surface area contributed by atoms with E-state index >= 15 is 0 Å². The number of nitriles is 1. The maximum atomic E-state index is 9.06. The van der Waals surface area contributed by atoms with E-state index in [1.807, 2.05) is 19.1 Å². The fourth-order valence-corrected chi connectivity index (χ4v) is 1.49. The number of hydrogen-bond donors (Lipinski definition) is 1. The van der Waals surface area contributed by atoms with Crippen LogP contribution < -0.4 is 14.8 Å². The minimum Gasteiger partial charge on any atom is -0.497 e. The van der Waals surface area contributed by atoms with Crippen LogP contribution in [0, 0.1) is 11.3 Å². The topological polar surface area (TPSA) is 54.3 Å². The highest BCUT2D eigenvalue weighted by Gasteiger charge is 2.14. The van der Waals surface area contributed by atoms with Crippen molar-refractivity contribution in [2.75, 3.05) is 20.8 Å². The molecule has 1 unspecified atom stereocenters. The molecule has 0 radical (unpaired) electrons. The largest absolute Gasteiger partial charge is 0.497 e. The van der Waals surface area contributed by atoms with E-state index in [2.05, 4.69) is 11.4 Å². The third kappa shape index (κ3) is 2.65. The number of ether oxygens (including phenoxy) is 2. The molecule has 4 nitrogen and oxygen atoms in total. The fourth-order valence-electron chi connectivity index (χ4n) is 1.49. The average molecular weight is 220 g/mol. The van der Waals surface area contributed by atoms with Crippen LogP contribution in [0.2, 0.25) is 0 Å². The van der Waals surface area contributed by atoms with Crippen LogP contribution in [0.3, 0.4) is 0 Å². The first-order chi connectivity index (χ1) is 7.76. The molecule has 0 spiro atoms. The Bertz CT molecular complexity index is 385. The van der Waals surface area contributed by atoms with Crippen LogP contribution in [-0.2, 0) is 0 Å².